The molecule has 0 saturated carbocycles. The predicted molar refractivity (Wildman–Crippen MR) is 148 cm³/mol. The maximum Gasteiger partial charge on any atom is 0.333 e. The van der Waals surface area contributed by atoms with Crippen LogP contribution in [0.4, 0.5) is 4.79 Å². The van der Waals surface area contributed by atoms with Crippen LogP contribution in [0.15, 0.2) is 84.9 Å². The number of benzene rings is 3. The smallest absolute Gasteiger partial charge is 0.333 e. The van der Waals surface area contributed by atoms with E-state index in [1.807, 2.05) is 77.7 Å². The van der Waals surface area contributed by atoms with E-state index in [4.69, 9.17) is 9.47 Å². The second-order valence-corrected chi connectivity index (χ2v) is 9.05. The molecule has 1 unspecified atom stereocenters. The largest absolute Gasteiger partial charge is 0.492 e. The van der Waals surface area contributed by atoms with Gasteiger partial charge in [-0.3, -0.25) is 0 Å². The zero-order chi connectivity index (χ0) is 27.0. The third-order valence-electron chi connectivity index (χ3n) is 6.18. The average Bonchev–Trinajstić information content (AvgIpc) is 2.94. The Morgan fingerprint density at radius 2 is 1.50 bits per heavy atom. The topological polar surface area (TPSA) is 88.1 Å². The van der Waals surface area contributed by atoms with Gasteiger partial charge in [-0.1, -0.05) is 72.8 Å². The van der Waals surface area contributed by atoms with Crippen LogP contribution in [0.2, 0.25) is 0 Å². The highest BCUT2D eigenvalue weighted by Gasteiger charge is 2.18. The lowest BCUT2D eigenvalue weighted by molar-refractivity contribution is -0.149. The Morgan fingerprint density at radius 3 is 2.13 bits per heavy atom. The molecule has 0 aliphatic carbocycles. The average molecular weight is 519 g/mol. The summed E-state index contributed by atoms with van der Waals surface area (Å²) in [6.07, 6.45) is 2.30. The Hall–Kier alpha value is -3.84. The number of nitrogens with one attached hydrogen (secondary N) is 1. The molecule has 0 aliphatic heterocycles. The quantitative estimate of drug-likeness (QED) is 0.250. The van der Waals surface area contributed by atoms with E-state index in [0.717, 1.165) is 30.4 Å². The van der Waals surface area contributed by atoms with Crippen LogP contribution in [-0.4, -0.2) is 54.4 Å². The molecule has 0 aliphatic rings. The minimum absolute atomic E-state index is 0.108. The molecule has 202 valence electrons. The first-order valence-electron chi connectivity index (χ1n) is 13.2. The number of urea groups is 1. The lowest BCUT2D eigenvalue weighted by atomic mass is 10.1. The van der Waals surface area contributed by atoms with Gasteiger partial charge in [-0.15, -0.1) is 0 Å². The lowest BCUT2D eigenvalue weighted by Gasteiger charge is -2.23. The fourth-order valence-corrected chi connectivity index (χ4v) is 4.10. The second-order valence-electron chi connectivity index (χ2n) is 9.05. The van der Waals surface area contributed by atoms with Crippen molar-refractivity contribution in [2.75, 3.05) is 26.3 Å². The van der Waals surface area contributed by atoms with Gasteiger partial charge in [0.2, 0.25) is 0 Å². The lowest BCUT2D eigenvalue weighted by Crippen LogP contribution is -2.42. The maximum atomic E-state index is 13.0. The number of hydrogen-bond acceptors (Lipinski definition) is 4. The van der Waals surface area contributed by atoms with Gasteiger partial charge in [-0.2, -0.15) is 0 Å². The number of carboxylic acid groups (broad SMARTS) is 1. The van der Waals surface area contributed by atoms with Gasteiger partial charge < -0.3 is 24.8 Å². The van der Waals surface area contributed by atoms with E-state index in [2.05, 4.69) is 17.4 Å². The summed E-state index contributed by atoms with van der Waals surface area (Å²) in [5, 5.41) is 12.3. The van der Waals surface area contributed by atoms with Crippen molar-refractivity contribution < 1.29 is 24.2 Å². The monoisotopic (exact) mass is 518 g/mol. The Kier molecular flexibility index (Phi) is 12.2. The summed E-state index contributed by atoms with van der Waals surface area (Å²) in [5.41, 5.74) is 3.21. The molecule has 7 nitrogen and oxygen atoms in total. The van der Waals surface area contributed by atoms with E-state index in [1.54, 1.807) is 6.92 Å². The maximum absolute atomic E-state index is 13.0. The van der Waals surface area contributed by atoms with Crippen LogP contribution >= 0.6 is 0 Å². The summed E-state index contributed by atoms with van der Waals surface area (Å²) < 4.78 is 11.2. The first kappa shape index (κ1) is 28.7. The van der Waals surface area contributed by atoms with Crippen LogP contribution in [0.3, 0.4) is 0 Å². The summed E-state index contributed by atoms with van der Waals surface area (Å²) >= 11 is 0. The zero-order valence-corrected chi connectivity index (χ0v) is 22.1. The van der Waals surface area contributed by atoms with Crippen LogP contribution < -0.4 is 10.1 Å². The Balaban J connectivity index is 1.50. The molecule has 0 saturated heterocycles. The number of carbonyl (C=O) groups is 2. The molecule has 0 radical (unpaired) electrons. The van der Waals surface area contributed by atoms with Crippen molar-refractivity contribution in [3.05, 3.63) is 102 Å². The summed E-state index contributed by atoms with van der Waals surface area (Å²) in [7, 11) is 0. The fraction of sp³-hybridized carbons (Fsp3) is 0.355. The van der Waals surface area contributed by atoms with Crippen molar-refractivity contribution in [2.45, 2.75) is 45.3 Å². The third-order valence-corrected chi connectivity index (χ3v) is 6.18. The molecule has 1 atom stereocenters. The Morgan fingerprint density at radius 1 is 0.842 bits per heavy atom. The number of unbranched alkanes of at least 4 members (excludes halogenated alkanes) is 1. The normalized spacial score (nSPS) is 11.5. The van der Waals surface area contributed by atoms with Gasteiger partial charge in [0, 0.05) is 26.1 Å². The van der Waals surface area contributed by atoms with E-state index >= 15 is 0 Å². The molecular formula is C31H38N2O5. The van der Waals surface area contributed by atoms with Crippen molar-refractivity contribution in [3.8, 4) is 5.75 Å². The highest BCUT2D eigenvalue weighted by molar-refractivity contribution is 5.74. The van der Waals surface area contributed by atoms with E-state index in [1.165, 1.54) is 5.56 Å². The van der Waals surface area contributed by atoms with Gasteiger partial charge in [0.1, 0.15) is 12.4 Å². The predicted octanol–water partition coefficient (Wildman–Crippen LogP) is 5.33. The van der Waals surface area contributed by atoms with Gasteiger partial charge in [-0.25, -0.2) is 9.59 Å². The van der Waals surface area contributed by atoms with Crippen LogP contribution in [0.25, 0.3) is 0 Å². The molecule has 0 bridgehead atoms. The highest BCUT2D eigenvalue weighted by atomic mass is 16.5. The summed E-state index contributed by atoms with van der Waals surface area (Å²) in [6.45, 7) is 4.05. The number of aryl methyl sites for hydroxylation is 1. The number of rotatable bonds is 16. The standard InChI is InChI=1S/C31H38N2O5/c1-2-37-29(30(34)35)23-26-16-18-28(19-17-26)38-22-21-33(20-10-9-13-25-11-5-3-6-12-25)31(36)32-24-27-14-7-4-8-15-27/h3-8,11-12,14-19,29H,2,9-10,13,20-24H2,1H3,(H,32,36)(H,34,35). The number of aliphatic carboxylic acids is 1. The minimum atomic E-state index is -0.971. The number of carbonyl (C=O) groups excluding carboxylic acids is 1. The Bertz CT molecular complexity index is 1090. The molecule has 7 heteroatoms. The van der Waals surface area contributed by atoms with Crippen molar-refractivity contribution in [3.63, 3.8) is 0 Å². The van der Waals surface area contributed by atoms with E-state index in [9.17, 15) is 14.7 Å². The molecule has 0 fully saturated rings. The van der Waals surface area contributed by atoms with Crippen LogP contribution in [0, 0.1) is 0 Å². The van der Waals surface area contributed by atoms with E-state index < -0.39 is 12.1 Å². The van der Waals surface area contributed by atoms with Crippen molar-refractivity contribution in [2.24, 2.45) is 0 Å². The number of ether oxygens (including phenoxy) is 2. The summed E-state index contributed by atoms with van der Waals surface area (Å²) in [6, 6.07) is 27.4. The first-order chi connectivity index (χ1) is 18.5. The highest BCUT2D eigenvalue weighted by Crippen LogP contribution is 2.15. The van der Waals surface area contributed by atoms with Gasteiger partial charge in [0.05, 0.1) is 6.54 Å². The second kappa shape index (κ2) is 16.1. The van der Waals surface area contributed by atoms with Crippen LogP contribution in [0.5, 0.6) is 5.75 Å². The fourth-order valence-electron chi connectivity index (χ4n) is 4.10. The molecule has 38 heavy (non-hydrogen) atoms. The minimum Gasteiger partial charge on any atom is -0.492 e. The Labute approximate surface area is 225 Å². The van der Waals surface area contributed by atoms with Crippen molar-refractivity contribution >= 4 is 12.0 Å². The summed E-state index contributed by atoms with van der Waals surface area (Å²) in [4.78, 5) is 26.1. The first-order valence-corrected chi connectivity index (χ1v) is 13.2. The molecule has 2 amide bonds. The molecular weight excluding hydrogens is 480 g/mol. The van der Waals surface area contributed by atoms with Gasteiger partial charge in [-0.05, 0) is 55.0 Å². The molecule has 3 aromatic carbocycles. The number of nitrogens with zero attached hydrogens (tertiary/aromatic N) is 1. The number of carboxylic acids is 1. The van der Waals surface area contributed by atoms with Gasteiger partial charge in [0.15, 0.2) is 6.10 Å². The van der Waals surface area contributed by atoms with Crippen molar-refractivity contribution in [1.29, 1.82) is 0 Å². The van der Waals surface area contributed by atoms with Gasteiger partial charge >= 0.3 is 12.0 Å². The molecule has 0 aromatic heterocycles. The van der Waals surface area contributed by atoms with Crippen molar-refractivity contribution in [1.82, 2.24) is 10.2 Å². The van der Waals surface area contributed by atoms with E-state index in [0.29, 0.717) is 45.0 Å². The zero-order valence-electron chi connectivity index (χ0n) is 22.1. The molecule has 0 spiro atoms. The molecule has 0 heterocycles. The van der Waals surface area contributed by atoms with Crippen LogP contribution in [-0.2, 0) is 28.9 Å². The third kappa shape index (κ3) is 10.3. The van der Waals surface area contributed by atoms with E-state index in [-0.39, 0.29) is 6.03 Å². The SMILES string of the molecule is CCOC(Cc1ccc(OCCN(CCCCc2ccccc2)C(=O)NCc2ccccc2)cc1)C(=O)O. The van der Waals surface area contributed by atoms with Gasteiger partial charge in [0.25, 0.3) is 0 Å². The number of amides is 2. The molecule has 2 N–H and O–H groups in total. The van der Waals surface area contributed by atoms with Crippen LogP contribution in [0.1, 0.15) is 36.5 Å². The molecule has 3 rings (SSSR count). The summed E-state index contributed by atoms with van der Waals surface area (Å²) in [5.74, 6) is -0.299. The number of hydrogen-bond donors (Lipinski definition) is 2. The molecule has 3 aromatic rings.